The molecule has 5 aromatic carbocycles. The Labute approximate surface area is 536 Å². The lowest BCUT2D eigenvalue weighted by Gasteiger charge is -2.45. The van der Waals surface area contributed by atoms with Crippen LogP contribution in [0.25, 0.3) is 53.7 Å². The third-order valence-corrected chi connectivity index (χ3v) is 20.3. The lowest BCUT2D eigenvalue weighted by molar-refractivity contribution is -0.160. The Balaban J connectivity index is 0.726. The number of halogens is 2. The summed E-state index contributed by atoms with van der Waals surface area (Å²) >= 11 is 8.04. The number of benzene rings is 5. The average molecular weight is 1290 g/mol. The highest BCUT2D eigenvalue weighted by Crippen LogP contribution is 2.44. The number of carbonyl (C=O) groups excluding carboxylic acids is 7. The zero-order valence-electron chi connectivity index (χ0n) is 50.6. The van der Waals surface area contributed by atoms with E-state index >= 15 is 14.0 Å². The van der Waals surface area contributed by atoms with Gasteiger partial charge in [-0.1, -0.05) is 60.1 Å². The summed E-state index contributed by atoms with van der Waals surface area (Å²) in [7, 11) is 3.64. The number of anilines is 1. The molecule has 8 aromatic rings. The summed E-state index contributed by atoms with van der Waals surface area (Å²) < 4.78 is 27.3. The van der Waals surface area contributed by atoms with Crippen molar-refractivity contribution in [3.8, 4) is 27.4 Å². The topological polar surface area (TPSA) is 267 Å². The molecule has 13 rings (SSSR count). The number of para-hydroxylation sites is 2. The summed E-state index contributed by atoms with van der Waals surface area (Å²) in [6.45, 7) is 0.640. The molecular weight excluding hydrogens is 1220 g/mol. The molecule has 4 saturated heterocycles. The number of aromatic nitrogens is 5. The first-order valence-corrected chi connectivity index (χ1v) is 32.1. The Bertz CT molecular complexity index is 4290. The van der Waals surface area contributed by atoms with Crippen molar-refractivity contribution in [3.05, 3.63) is 125 Å². The van der Waals surface area contributed by atoms with E-state index < -0.39 is 60.3 Å². The maximum atomic E-state index is 16.3. The Morgan fingerprint density at radius 1 is 0.761 bits per heavy atom. The fourth-order valence-electron chi connectivity index (χ4n) is 13.8. The van der Waals surface area contributed by atoms with E-state index in [1.54, 1.807) is 80.0 Å². The lowest BCUT2D eigenvalue weighted by Crippen LogP contribution is -2.64. The van der Waals surface area contributed by atoms with Gasteiger partial charge < -0.3 is 45.4 Å². The van der Waals surface area contributed by atoms with E-state index in [9.17, 15) is 28.8 Å². The average Bonchev–Trinajstić information content (AvgIpc) is 1.52. The number of rotatable bonds is 15. The van der Waals surface area contributed by atoms with Gasteiger partial charge in [0.05, 0.1) is 56.2 Å². The van der Waals surface area contributed by atoms with Crippen molar-refractivity contribution in [1.29, 1.82) is 0 Å². The second-order valence-electron chi connectivity index (χ2n) is 24.3. The molecule has 0 saturated carbocycles. The van der Waals surface area contributed by atoms with Gasteiger partial charge in [-0.25, -0.2) is 9.37 Å². The molecule has 1 unspecified atom stereocenters. The molecule has 4 N–H and O–H groups in total. The van der Waals surface area contributed by atoms with Crippen LogP contribution in [0.3, 0.4) is 0 Å². The fraction of sp³-hybridized carbons (Fsp3) is 0.379. The molecule has 8 heterocycles. The number of aryl methyl sites for hydroxylation is 1. The number of piperazine rings is 1. The second-order valence-corrected chi connectivity index (χ2v) is 25.7. The van der Waals surface area contributed by atoms with Gasteiger partial charge in [-0.05, 0) is 92.4 Å². The number of fused-ring (bicyclic) bond motifs is 4. The molecule has 0 spiro atoms. The summed E-state index contributed by atoms with van der Waals surface area (Å²) in [4.78, 5) is 124. The highest BCUT2D eigenvalue weighted by atomic mass is 35.5. The van der Waals surface area contributed by atoms with Gasteiger partial charge in [0.25, 0.3) is 5.91 Å². The van der Waals surface area contributed by atoms with Gasteiger partial charge >= 0.3 is 5.97 Å². The largest absolute Gasteiger partial charge is 0.480 e. The van der Waals surface area contributed by atoms with E-state index in [-0.39, 0.29) is 87.4 Å². The number of carboxylic acids is 1. The van der Waals surface area contributed by atoms with Crippen molar-refractivity contribution in [2.24, 2.45) is 7.05 Å². The first-order chi connectivity index (χ1) is 44.4. The number of ether oxygens (including phenoxy) is 1. The normalized spacial score (nSPS) is 19.5. The molecule has 476 valence electrons. The molecule has 26 heteroatoms. The Hall–Kier alpha value is -9.33. The maximum Gasteiger partial charge on any atom is 0.322 e. The molecule has 0 radical (unpaired) electrons. The van der Waals surface area contributed by atoms with E-state index in [4.69, 9.17) is 31.5 Å². The van der Waals surface area contributed by atoms with Crippen LogP contribution >= 0.6 is 22.9 Å². The van der Waals surface area contributed by atoms with Crippen molar-refractivity contribution >= 4 is 108 Å². The monoisotopic (exact) mass is 1290 g/mol. The molecule has 0 aliphatic carbocycles. The minimum Gasteiger partial charge on any atom is -0.480 e. The smallest absolute Gasteiger partial charge is 0.322 e. The van der Waals surface area contributed by atoms with Crippen LogP contribution in [-0.4, -0.2) is 192 Å². The number of thiazole rings is 1. The predicted molar refractivity (Wildman–Crippen MR) is 341 cm³/mol. The van der Waals surface area contributed by atoms with Crippen molar-refractivity contribution < 1.29 is 52.6 Å². The quantitative estimate of drug-likeness (QED) is 0.0868. The molecule has 3 aromatic heterocycles. The standard InChI is InChI=1S/C66H67ClFN13O10S/c1-75-28-29-79(36-52(75)64(89)77-24-19-38(20-25-77)59-58-41(43-31-51-39(30-46(43)68)33-71-76(51)2)12-7-16-49(58)81(74-59)37-56(84)69-34-55(83)70-35-57(85)86)63(88)50-17-9-23-80(50)65(90)66(91-53-18-6-4-11-42(53)61-73-48-15-8-13-45(67)60(48)92-61)21-26-78(27-22-66)62(87)44-32-54(82)72-47-14-5-3-10-40(44)47/h3-8,10-16,18,30-31,33,38,44,50,52H,9,17,19-29,32,34-37H2,1-2H3,(H,69,84)(H,70,83)(H,72,82)(H,85,86)/t44-,50-,52?/m0/s1. The molecular formula is C66H67ClFN13O10S. The number of nitrogens with one attached hydrogen (secondary N) is 3. The van der Waals surface area contributed by atoms with E-state index in [2.05, 4.69) is 21.0 Å². The number of piperidine rings is 2. The van der Waals surface area contributed by atoms with E-state index in [0.717, 1.165) is 10.3 Å². The molecule has 3 atom stereocenters. The number of hydrogen-bond acceptors (Lipinski definition) is 14. The van der Waals surface area contributed by atoms with Crippen LogP contribution < -0.4 is 20.7 Å². The summed E-state index contributed by atoms with van der Waals surface area (Å²) in [6, 6.07) is 27.1. The molecule has 7 amide bonds. The van der Waals surface area contributed by atoms with E-state index in [0.29, 0.717) is 123 Å². The molecule has 5 aliphatic heterocycles. The summed E-state index contributed by atoms with van der Waals surface area (Å²) in [5.41, 5.74) is 3.85. The van der Waals surface area contributed by atoms with Crippen LogP contribution in [-0.2, 0) is 51.9 Å². The highest BCUT2D eigenvalue weighted by molar-refractivity contribution is 7.22. The van der Waals surface area contributed by atoms with Gasteiger partial charge in [0.15, 0.2) is 5.60 Å². The van der Waals surface area contributed by atoms with Gasteiger partial charge in [0.1, 0.15) is 41.7 Å². The van der Waals surface area contributed by atoms with Gasteiger partial charge in [-0.15, -0.1) is 11.3 Å². The van der Waals surface area contributed by atoms with Crippen LogP contribution in [0.2, 0.25) is 5.02 Å². The predicted octanol–water partition coefficient (Wildman–Crippen LogP) is 6.38. The van der Waals surface area contributed by atoms with Crippen molar-refractivity contribution in [3.63, 3.8) is 0 Å². The van der Waals surface area contributed by atoms with Crippen LogP contribution in [0.1, 0.15) is 68.0 Å². The van der Waals surface area contributed by atoms with E-state index in [1.807, 2.05) is 60.5 Å². The van der Waals surface area contributed by atoms with Crippen LogP contribution in [0.4, 0.5) is 10.1 Å². The van der Waals surface area contributed by atoms with Gasteiger partial charge in [-0.2, -0.15) is 10.2 Å². The maximum absolute atomic E-state index is 16.3. The molecule has 92 heavy (non-hydrogen) atoms. The lowest BCUT2D eigenvalue weighted by atomic mass is 9.85. The third-order valence-electron chi connectivity index (χ3n) is 18.7. The summed E-state index contributed by atoms with van der Waals surface area (Å²) in [5.74, 6) is -4.78. The Morgan fingerprint density at radius 2 is 1.49 bits per heavy atom. The number of likely N-dealkylation sites (tertiary alicyclic amines) is 3. The summed E-state index contributed by atoms with van der Waals surface area (Å²) in [5, 5.41) is 28.4. The Kier molecular flexibility index (Phi) is 17.0. The number of nitrogens with zero attached hydrogens (tertiary/aromatic N) is 10. The number of aliphatic carboxylic acids is 1. The van der Waals surface area contributed by atoms with E-state index in [1.165, 1.54) is 22.1 Å². The van der Waals surface area contributed by atoms with Gasteiger partial charge in [0, 0.05) is 107 Å². The molecule has 5 aliphatic rings. The van der Waals surface area contributed by atoms with Crippen LogP contribution in [0, 0.1) is 5.82 Å². The molecule has 0 bridgehead atoms. The van der Waals surface area contributed by atoms with Crippen molar-refractivity contribution in [1.82, 2.24) is 59.7 Å². The third kappa shape index (κ3) is 11.9. The molecule has 4 fully saturated rings. The van der Waals surface area contributed by atoms with Crippen molar-refractivity contribution in [2.75, 3.05) is 77.8 Å². The minimum absolute atomic E-state index is 0.0129. The summed E-state index contributed by atoms with van der Waals surface area (Å²) in [6.07, 6.45) is 3.62. The number of hydrogen-bond donors (Lipinski definition) is 4. The number of carbonyl (C=O) groups is 8. The van der Waals surface area contributed by atoms with Crippen molar-refractivity contribution in [2.45, 2.75) is 81.0 Å². The second kappa shape index (κ2) is 25.4. The molecule has 23 nitrogen and oxygen atoms in total. The number of carboxylic acid groups (broad SMARTS) is 1. The fourth-order valence-corrected chi connectivity index (χ4v) is 15.1. The van der Waals surface area contributed by atoms with Gasteiger partial charge in [-0.3, -0.25) is 52.6 Å². The van der Waals surface area contributed by atoms with Crippen LogP contribution in [0.5, 0.6) is 5.75 Å². The number of amides is 7. The highest BCUT2D eigenvalue weighted by Gasteiger charge is 2.52. The first-order valence-electron chi connectivity index (χ1n) is 30.9. The number of likely N-dealkylation sites (N-methyl/N-ethyl adjacent to an activating group) is 1. The SMILES string of the molecule is CN1CCN(C(=O)[C@@H]2CCCN2C(=O)C2(Oc3ccccc3-c3nc4cccc(Cl)c4s3)CCN(C(=O)[C@H]3CC(=O)Nc4ccccc43)CC2)CC1C(=O)N1CCC(c2nn(CC(=O)NCC(=O)NCC(=O)O)c3cccc(-c4cc5c(cnn5C)cc4F)c23)CC1. The zero-order valence-corrected chi connectivity index (χ0v) is 52.2. The minimum atomic E-state index is -1.53. The Morgan fingerprint density at radius 3 is 2.28 bits per heavy atom. The van der Waals surface area contributed by atoms with Gasteiger partial charge in [0.2, 0.25) is 35.4 Å². The zero-order chi connectivity index (χ0) is 64.1. The van der Waals surface area contributed by atoms with Crippen LogP contribution in [0.15, 0.2) is 103 Å². The first kappa shape index (κ1) is 61.5.